The van der Waals surface area contributed by atoms with Crippen molar-refractivity contribution in [2.45, 2.75) is 74.5 Å². The summed E-state index contributed by atoms with van der Waals surface area (Å²) in [5, 5.41) is 1.68. The second-order valence-electron chi connectivity index (χ2n) is 7.17. The van der Waals surface area contributed by atoms with Crippen LogP contribution >= 0.6 is 11.3 Å². The molecular formula is C18H28N2O3S2. The maximum Gasteiger partial charge on any atom is 0.254 e. The molecule has 2 fully saturated rings. The topological polar surface area (TPSA) is 66.5 Å². The third-order valence-electron chi connectivity index (χ3n) is 5.16. The smallest absolute Gasteiger partial charge is 0.254 e. The van der Waals surface area contributed by atoms with Gasteiger partial charge in [0.15, 0.2) is 0 Å². The third-order valence-corrected chi connectivity index (χ3v) is 8.12. The molecule has 1 saturated carbocycles. The highest BCUT2D eigenvalue weighted by Gasteiger charge is 2.25. The lowest BCUT2D eigenvalue weighted by atomic mass is 9.97. The summed E-state index contributed by atoms with van der Waals surface area (Å²) in [6, 6.07) is 1.57. The second-order valence-corrected chi connectivity index (χ2v) is 10.0. The van der Waals surface area contributed by atoms with Gasteiger partial charge in [0.05, 0.1) is 5.56 Å². The van der Waals surface area contributed by atoms with Gasteiger partial charge < -0.3 is 4.90 Å². The van der Waals surface area contributed by atoms with E-state index >= 15 is 0 Å². The van der Waals surface area contributed by atoms with Crippen LogP contribution in [0.15, 0.2) is 15.7 Å². The molecule has 0 bridgehead atoms. The van der Waals surface area contributed by atoms with Gasteiger partial charge in [-0.2, -0.15) is 0 Å². The Bertz CT molecular complexity index is 670. The van der Waals surface area contributed by atoms with Gasteiger partial charge in [0.1, 0.15) is 4.21 Å². The Morgan fingerprint density at radius 1 is 1.00 bits per heavy atom. The standard InChI is InChI=1S/C18H28N2O3S2/c21-18(20-11-7-4-8-12-20)15-13-17(24-14-15)25(22,23)19-16-9-5-2-1-3-6-10-16/h13-14,16,19H,1-12H2. The molecule has 2 heterocycles. The zero-order valence-corrected chi connectivity index (χ0v) is 16.3. The number of amides is 1. The monoisotopic (exact) mass is 384 g/mol. The largest absolute Gasteiger partial charge is 0.339 e. The maximum absolute atomic E-state index is 12.7. The van der Waals surface area contributed by atoms with E-state index in [4.69, 9.17) is 0 Å². The van der Waals surface area contributed by atoms with Gasteiger partial charge >= 0.3 is 0 Å². The molecule has 1 aromatic rings. The first-order valence-electron chi connectivity index (χ1n) is 9.46. The van der Waals surface area contributed by atoms with Crippen LogP contribution in [0.4, 0.5) is 0 Å². The third kappa shape index (κ3) is 5.05. The number of likely N-dealkylation sites (tertiary alicyclic amines) is 1. The van der Waals surface area contributed by atoms with Gasteiger partial charge in [0.25, 0.3) is 5.91 Å². The van der Waals surface area contributed by atoms with Crippen LogP contribution in [0.25, 0.3) is 0 Å². The molecule has 0 aromatic carbocycles. The SMILES string of the molecule is O=C(c1csc(S(=O)(=O)NC2CCCCCCC2)c1)N1CCCCC1. The number of carbonyl (C=O) groups excluding carboxylic acids is 1. The summed E-state index contributed by atoms with van der Waals surface area (Å²) in [5.74, 6) is -0.0386. The average molecular weight is 385 g/mol. The summed E-state index contributed by atoms with van der Waals surface area (Å²) in [6.45, 7) is 1.55. The van der Waals surface area contributed by atoms with Crippen LogP contribution in [0, 0.1) is 0 Å². The number of sulfonamides is 1. The predicted octanol–water partition coefficient (Wildman–Crippen LogP) is 3.77. The first kappa shape index (κ1) is 18.9. The summed E-state index contributed by atoms with van der Waals surface area (Å²) < 4.78 is 28.5. The Morgan fingerprint density at radius 2 is 1.60 bits per heavy atom. The van der Waals surface area contributed by atoms with E-state index in [0.29, 0.717) is 5.56 Å². The quantitative estimate of drug-likeness (QED) is 0.859. The van der Waals surface area contributed by atoms with E-state index in [-0.39, 0.29) is 16.2 Å². The highest BCUT2D eigenvalue weighted by molar-refractivity contribution is 7.91. The van der Waals surface area contributed by atoms with Crippen LogP contribution in [-0.2, 0) is 10.0 Å². The minimum Gasteiger partial charge on any atom is -0.339 e. The average Bonchev–Trinajstić information content (AvgIpc) is 3.08. The molecular weight excluding hydrogens is 356 g/mol. The Balaban J connectivity index is 1.66. The summed E-state index contributed by atoms with van der Waals surface area (Å²) >= 11 is 1.15. The summed E-state index contributed by atoms with van der Waals surface area (Å²) in [4.78, 5) is 14.4. The minimum atomic E-state index is -3.53. The molecule has 1 aliphatic heterocycles. The Morgan fingerprint density at radius 3 is 2.28 bits per heavy atom. The van der Waals surface area contributed by atoms with E-state index in [1.54, 1.807) is 11.4 Å². The molecule has 1 aromatic heterocycles. The van der Waals surface area contributed by atoms with Crippen LogP contribution in [0.1, 0.15) is 74.6 Å². The first-order chi connectivity index (χ1) is 12.1. The summed E-state index contributed by atoms with van der Waals surface area (Å²) in [6.07, 6.45) is 10.8. The van der Waals surface area contributed by atoms with E-state index < -0.39 is 10.0 Å². The van der Waals surface area contributed by atoms with Crippen LogP contribution in [-0.4, -0.2) is 38.4 Å². The van der Waals surface area contributed by atoms with Gasteiger partial charge in [-0.25, -0.2) is 13.1 Å². The first-order valence-corrected chi connectivity index (χ1v) is 11.8. The molecule has 0 unspecified atom stereocenters. The maximum atomic E-state index is 12.7. The van der Waals surface area contributed by atoms with Crippen molar-refractivity contribution in [1.29, 1.82) is 0 Å². The predicted molar refractivity (Wildman–Crippen MR) is 101 cm³/mol. The van der Waals surface area contributed by atoms with Crippen molar-refractivity contribution >= 4 is 27.3 Å². The van der Waals surface area contributed by atoms with Crippen molar-refractivity contribution in [1.82, 2.24) is 9.62 Å². The molecule has 1 aliphatic carbocycles. The molecule has 0 atom stereocenters. The number of rotatable bonds is 4. The second kappa shape index (κ2) is 8.64. The Labute approximate surface area is 154 Å². The molecule has 1 amide bonds. The van der Waals surface area contributed by atoms with E-state index in [1.807, 2.05) is 4.90 Å². The number of piperidine rings is 1. The molecule has 0 radical (unpaired) electrons. The van der Waals surface area contributed by atoms with Crippen molar-refractivity contribution in [3.63, 3.8) is 0 Å². The van der Waals surface area contributed by atoms with E-state index in [9.17, 15) is 13.2 Å². The van der Waals surface area contributed by atoms with Gasteiger partial charge in [0, 0.05) is 24.5 Å². The van der Waals surface area contributed by atoms with E-state index in [2.05, 4.69) is 4.72 Å². The number of nitrogens with zero attached hydrogens (tertiary/aromatic N) is 1. The van der Waals surface area contributed by atoms with Crippen molar-refractivity contribution < 1.29 is 13.2 Å². The molecule has 7 heteroatoms. The van der Waals surface area contributed by atoms with Crippen LogP contribution < -0.4 is 4.72 Å². The number of thiophene rings is 1. The van der Waals surface area contributed by atoms with Crippen molar-refractivity contribution in [3.8, 4) is 0 Å². The molecule has 1 N–H and O–H groups in total. The van der Waals surface area contributed by atoms with Gasteiger partial charge in [0.2, 0.25) is 10.0 Å². The normalized spacial score (nSPS) is 20.9. The molecule has 140 valence electrons. The van der Waals surface area contributed by atoms with Crippen molar-refractivity contribution in [2.24, 2.45) is 0 Å². The van der Waals surface area contributed by atoms with E-state index in [1.165, 1.54) is 25.7 Å². The lowest BCUT2D eigenvalue weighted by Gasteiger charge is -2.26. The van der Waals surface area contributed by atoms with Crippen LogP contribution in [0.5, 0.6) is 0 Å². The fourth-order valence-corrected chi connectivity index (χ4v) is 6.18. The number of nitrogens with one attached hydrogen (secondary N) is 1. The zero-order valence-electron chi connectivity index (χ0n) is 14.7. The zero-order chi connectivity index (χ0) is 17.7. The fraction of sp³-hybridized carbons (Fsp3) is 0.722. The highest BCUT2D eigenvalue weighted by atomic mass is 32.2. The van der Waals surface area contributed by atoms with Gasteiger partial charge in [-0.3, -0.25) is 4.79 Å². The lowest BCUT2D eigenvalue weighted by Crippen LogP contribution is -2.35. The molecule has 25 heavy (non-hydrogen) atoms. The van der Waals surface area contributed by atoms with Crippen LogP contribution in [0.2, 0.25) is 0 Å². The molecule has 0 spiro atoms. The Kier molecular flexibility index (Phi) is 6.52. The lowest BCUT2D eigenvalue weighted by molar-refractivity contribution is 0.0725. The van der Waals surface area contributed by atoms with Crippen LogP contribution in [0.3, 0.4) is 0 Å². The minimum absolute atomic E-state index is 0.0219. The van der Waals surface area contributed by atoms with Gasteiger partial charge in [-0.05, 0) is 38.2 Å². The number of carbonyl (C=O) groups is 1. The number of hydrogen-bond acceptors (Lipinski definition) is 4. The summed E-state index contributed by atoms with van der Waals surface area (Å²) in [7, 11) is -3.53. The fourth-order valence-electron chi connectivity index (χ4n) is 3.70. The Hall–Kier alpha value is -0.920. The van der Waals surface area contributed by atoms with Crippen molar-refractivity contribution in [2.75, 3.05) is 13.1 Å². The molecule has 1 saturated heterocycles. The highest BCUT2D eigenvalue weighted by Crippen LogP contribution is 2.25. The number of hydrogen-bond donors (Lipinski definition) is 1. The van der Waals surface area contributed by atoms with Crippen molar-refractivity contribution in [3.05, 3.63) is 17.0 Å². The molecule has 3 rings (SSSR count). The summed E-state index contributed by atoms with van der Waals surface area (Å²) in [5.41, 5.74) is 0.505. The van der Waals surface area contributed by atoms with E-state index in [0.717, 1.165) is 63.0 Å². The molecule has 2 aliphatic rings. The van der Waals surface area contributed by atoms with Gasteiger partial charge in [-0.1, -0.05) is 32.1 Å². The van der Waals surface area contributed by atoms with Gasteiger partial charge in [-0.15, -0.1) is 11.3 Å². The molecule has 5 nitrogen and oxygen atoms in total.